The van der Waals surface area contributed by atoms with E-state index in [1.54, 1.807) is 11.9 Å². The summed E-state index contributed by atoms with van der Waals surface area (Å²) >= 11 is 0. The molecule has 34 heavy (non-hydrogen) atoms. The summed E-state index contributed by atoms with van der Waals surface area (Å²) in [5, 5.41) is 2.63. The molecule has 2 N–H and O–H groups in total. The first-order valence-electron chi connectivity index (χ1n) is 13.5. The van der Waals surface area contributed by atoms with Gasteiger partial charge in [0.25, 0.3) is 0 Å². The van der Waals surface area contributed by atoms with Crippen LogP contribution in [-0.4, -0.2) is 81.3 Å². The summed E-state index contributed by atoms with van der Waals surface area (Å²) in [6, 6.07) is -0.197. The van der Waals surface area contributed by atoms with Crippen LogP contribution in [0.3, 0.4) is 0 Å². The van der Waals surface area contributed by atoms with Crippen LogP contribution in [0, 0.1) is 0 Å². The van der Waals surface area contributed by atoms with Gasteiger partial charge in [0.15, 0.2) is 0 Å². The number of unbranched alkanes of at least 4 members (excludes halogenated alkanes) is 13. The number of urea groups is 1. The van der Waals surface area contributed by atoms with Crippen molar-refractivity contribution >= 4 is 13.9 Å². The van der Waals surface area contributed by atoms with Crippen molar-refractivity contribution in [3.8, 4) is 0 Å². The second-order valence-electron chi connectivity index (χ2n) is 10.3. The molecule has 9 heteroatoms. The average Bonchev–Trinajstić information content (AvgIpc) is 2.76. The molecule has 0 heterocycles. The van der Waals surface area contributed by atoms with Crippen molar-refractivity contribution in [2.45, 2.75) is 96.8 Å². The summed E-state index contributed by atoms with van der Waals surface area (Å²) in [6.07, 6.45) is 18.1. The molecule has 8 nitrogen and oxygen atoms in total. The predicted octanol–water partition coefficient (Wildman–Crippen LogP) is 5.95. The number of carbonyl (C=O) groups excluding carboxylic acids is 1. The summed E-state index contributed by atoms with van der Waals surface area (Å²) in [7, 11) is 3.42. The first-order chi connectivity index (χ1) is 16.1. The lowest BCUT2D eigenvalue weighted by molar-refractivity contribution is -0.870. The van der Waals surface area contributed by atoms with Gasteiger partial charge in [-0.3, -0.25) is 9.05 Å². The Hall–Kier alpha value is -0.660. The first kappa shape index (κ1) is 33.3. The van der Waals surface area contributed by atoms with Crippen molar-refractivity contribution < 1.29 is 27.8 Å². The van der Waals surface area contributed by atoms with Crippen LogP contribution in [0.15, 0.2) is 0 Å². The van der Waals surface area contributed by atoms with E-state index >= 15 is 0 Å². The lowest BCUT2D eigenvalue weighted by atomic mass is 10.0. The minimum absolute atomic E-state index is 0.0375. The van der Waals surface area contributed by atoms with E-state index in [-0.39, 0.29) is 25.8 Å². The van der Waals surface area contributed by atoms with Crippen molar-refractivity contribution in [2.75, 3.05) is 61.0 Å². The molecule has 204 valence electrons. The third kappa shape index (κ3) is 21.8. The molecule has 0 aliphatic heterocycles. The van der Waals surface area contributed by atoms with Crippen molar-refractivity contribution in [3.63, 3.8) is 0 Å². The maximum absolute atomic E-state index is 12.1. The van der Waals surface area contributed by atoms with Gasteiger partial charge < -0.3 is 19.6 Å². The van der Waals surface area contributed by atoms with Crippen LogP contribution in [-0.2, 0) is 13.6 Å². The number of nitrogens with one attached hydrogen (secondary N) is 1. The van der Waals surface area contributed by atoms with E-state index in [0.29, 0.717) is 17.6 Å². The Kier molecular flexibility index (Phi) is 20.1. The fraction of sp³-hybridized carbons (Fsp3) is 0.960. The Bertz CT molecular complexity index is 543. The number of likely N-dealkylation sites (N-methyl/N-ethyl adjacent to an activating group) is 1. The van der Waals surface area contributed by atoms with E-state index in [9.17, 15) is 14.3 Å². The van der Waals surface area contributed by atoms with Crippen LogP contribution in [0.25, 0.3) is 0 Å². The fourth-order valence-electron chi connectivity index (χ4n) is 3.70. The molecule has 0 fully saturated rings. The topological polar surface area (TPSA) is 88.1 Å². The number of carbonyl (C=O) groups is 1. The lowest BCUT2D eigenvalue weighted by Crippen LogP contribution is -2.40. The molecule has 0 aromatic rings. The number of hydrogen-bond acceptors (Lipinski definition) is 4. The van der Waals surface area contributed by atoms with Gasteiger partial charge in [0.1, 0.15) is 13.2 Å². The molecule has 0 aromatic carbocycles. The van der Waals surface area contributed by atoms with Gasteiger partial charge in [-0.1, -0.05) is 90.4 Å². The average molecular weight is 509 g/mol. The molecular weight excluding hydrogens is 453 g/mol. The third-order valence-corrected chi connectivity index (χ3v) is 6.93. The van der Waals surface area contributed by atoms with E-state index in [1.165, 1.54) is 77.0 Å². The van der Waals surface area contributed by atoms with Crippen molar-refractivity contribution in [1.82, 2.24) is 10.2 Å². The SMILES string of the molecule is CCCCCCCCCCCCCCCCN(CCOP(=O)(O)OCC[N+](C)(C)C)C(=O)NC. The lowest BCUT2D eigenvalue weighted by Gasteiger charge is -2.24. The summed E-state index contributed by atoms with van der Waals surface area (Å²) in [5.74, 6) is 0. The summed E-state index contributed by atoms with van der Waals surface area (Å²) in [4.78, 5) is 23.6. The first-order valence-corrected chi connectivity index (χ1v) is 15.0. The van der Waals surface area contributed by atoms with Crippen LogP contribution in [0.2, 0.25) is 0 Å². The molecule has 0 saturated carbocycles. The minimum atomic E-state index is -4.10. The standard InChI is InChI=1S/C25H54N3O5P/c1-6-7-8-9-10-11-12-13-14-15-16-17-18-19-20-27(25(29)26-2)21-23-32-34(30,31)33-24-22-28(3,4)5/h6-24H2,1-5H3,(H-,26,29,30,31)/p+1. The molecule has 0 spiro atoms. The van der Waals surface area contributed by atoms with Gasteiger partial charge >= 0.3 is 13.9 Å². The van der Waals surface area contributed by atoms with E-state index in [4.69, 9.17) is 9.05 Å². The van der Waals surface area contributed by atoms with Crippen molar-refractivity contribution in [3.05, 3.63) is 0 Å². The zero-order valence-electron chi connectivity index (χ0n) is 22.9. The highest BCUT2D eigenvalue weighted by molar-refractivity contribution is 7.47. The Morgan fingerprint density at radius 2 is 1.24 bits per heavy atom. The van der Waals surface area contributed by atoms with Gasteiger partial charge in [0.2, 0.25) is 0 Å². The molecule has 1 atom stereocenters. The second-order valence-corrected chi connectivity index (χ2v) is 11.7. The monoisotopic (exact) mass is 508 g/mol. The molecule has 0 aliphatic rings. The quantitative estimate of drug-likeness (QED) is 0.101. The van der Waals surface area contributed by atoms with Crippen LogP contribution >= 0.6 is 7.82 Å². The van der Waals surface area contributed by atoms with Gasteiger partial charge in [-0.25, -0.2) is 9.36 Å². The van der Waals surface area contributed by atoms with E-state index < -0.39 is 7.82 Å². The van der Waals surface area contributed by atoms with E-state index in [2.05, 4.69) is 12.2 Å². The Morgan fingerprint density at radius 3 is 1.68 bits per heavy atom. The smallest absolute Gasteiger partial charge is 0.341 e. The van der Waals surface area contributed by atoms with Crippen LogP contribution in [0.5, 0.6) is 0 Å². The van der Waals surface area contributed by atoms with Gasteiger partial charge in [-0.05, 0) is 6.42 Å². The fourth-order valence-corrected chi connectivity index (χ4v) is 4.40. The van der Waals surface area contributed by atoms with Gasteiger partial charge in [-0.15, -0.1) is 0 Å². The van der Waals surface area contributed by atoms with E-state index in [1.807, 2.05) is 21.1 Å². The van der Waals surface area contributed by atoms with Crippen LogP contribution in [0.1, 0.15) is 96.8 Å². The highest BCUT2D eigenvalue weighted by atomic mass is 31.2. The number of phosphoric acid groups is 1. The molecule has 0 bridgehead atoms. The Balaban J connectivity index is 3.85. The third-order valence-electron chi connectivity index (χ3n) is 5.91. The zero-order valence-corrected chi connectivity index (χ0v) is 23.8. The largest absolute Gasteiger partial charge is 0.472 e. The van der Waals surface area contributed by atoms with Crippen LogP contribution < -0.4 is 5.32 Å². The van der Waals surface area contributed by atoms with Gasteiger partial charge in [0, 0.05) is 20.1 Å². The number of phosphoric ester groups is 1. The molecule has 0 aromatic heterocycles. The van der Waals surface area contributed by atoms with Crippen molar-refractivity contribution in [2.24, 2.45) is 0 Å². The molecule has 2 amide bonds. The molecule has 0 saturated heterocycles. The number of nitrogens with zero attached hydrogens (tertiary/aromatic N) is 2. The van der Waals surface area contributed by atoms with Gasteiger partial charge in [-0.2, -0.15) is 0 Å². The highest BCUT2D eigenvalue weighted by Gasteiger charge is 2.23. The number of rotatable bonds is 23. The summed E-state index contributed by atoms with van der Waals surface area (Å²) < 4.78 is 22.7. The Labute approximate surface area is 210 Å². The zero-order chi connectivity index (χ0) is 25.7. The maximum atomic E-state index is 12.1. The molecular formula is C25H55N3O5P+. The summed E-state index contributed by atoms with van der Waals surface area (Å²) in [5.41, 5.74) is 0. The van der Waals surface area contributed by atoms with Crippen LogP contribution in [0.4, 0.5) is 4.79 Å². The molecule has 1 unspecified atom stereocenters. The van der Waals surface area contributed by atoms with Gasteiger partial charge in [0.05, 0.1) is 27.7 Å². The number of quaternary nitrogens is 1. The molecule has 0 rings (SSSR count). The molecule has 0 radical (unpaired) electrons. The minimum Gasteiger partial charge on any atom is -0.341 e. The maximum Gasteiger partial charge on any atom is 0.472 e. The van der Waals surface area contributed by atoms with E-state index in [0.717, 1.165) is 12.8 Å². The van der Waals surface area contributed by atoms with Crippen molar-refractivity contribution in [1.29, 1.82) is 0 Å². The molecule has 0 aliphatic carbocycles. The summed E-state index contributed by atoms with van der Waals surface area (Å²) in [6.45, 7) is 3.81. The normalized spacial score (nSPS) is 13.6. The number of hydrogen-bond donors (Lipinski definition) is 2. The predicted molar refractivity (Wildman–Crippen MR) is 141 cm³/mol. The Morgan fingerprint density at radius 1 is 0.794 bits per heavy atom. The second kappa shape index (κ2) is 20.5. The number of amides is 2. The highest BCUT2D eigenvalue weighted by Crippen LogP contribution is 2.42.